The molecule has 0 aliphatic heterocycles. The maximum atomic E-state index is 12.8. The van der Waals surface area contributed by atoms with Crippen LogP contribution < -0.4 is 5.32 Å². The van der Waals surface area contributed by atoms with Gasteiger partial charge in [0.05, 0.1) is 18.8 Å². The number of benzene rings is 1. The molecule has 0 aliphatic rings. The molecule has 1 heterocycles. The largest absolute Gasteiger partial charge is 0.331 e. The van der Waals surface area contributed by atoms with Crippen molar-refractivity contribution in [2.24, 2.45) is 7.05 Å². The van der Waals surface area contributed by atoms with Gasteiger partial charge in [0, 0.05) is 25.4 Å². The Labute approximate surface area is 133 Å². The fraction of sp³-hybridized carbons (Fsp3) is 0.375. The minimum Gasteiger partial charge on any atom is -0.331 e. The molecule has 2 rings (SSSR count). The number of aromatic nitrogens is 2. The Bertz CT molecular complexity index is 630. The second kappa shape index (κ2) is 7.71. The van der Waals surface area contributed by atoms with E-state index in [0.29, 0.717) is 0 Å². The number of amides is 2. The van der Waals surface area contributed by atoms with E-state index in [9.17, 15) is 13.6 Å². The molecule has 0 saturated heterocycles. The van der Waals surface area contributed by atoms with Crippen molar-refractivity contribution in [2.45, 2.75) is 25.9 Å². The topological polar surface area (TPSA) is 50.2 Å². The standard InChI is InChI=1S/C16H20F2N4O/c1-12(14-8-19-21(2)10-14)20-16(23)22(11-15(17)18)9-13-6-4-3-5-7-13/h3-8,10,12,15H,9,11H2,1-2H3,(H,20,23). The van der Waals surface area contributed by atoms with Crippen LogP contribution in [0, 0.1) is 0 Å². The quantitative estimate of drug-likeness (QED) is 0.889. The van der Waals surface area contributed by atoms with Crippen molar-refractivity contribution in [2.75, 3.05) is 6.54 Å². The van der Waals surface area contributed by atoms with Crippen LogP contribution in [0.1, 0.15) is 24.1 Å². The minimum atomic E-state index is -2.59. The van der Waals surface area contributed by atoms with Gasteiger partial charge in [-0.1, -0.05) is 30.3 Å². The smallest absolute Gasteiger partial charge is 0.318 e. The molecule has 7 heteroatoms. The summed E-state index contributed by atoms with van der Waals surface area (Å²) in [6.45, 7) is 1.31. The number of aryl methyl sites for hydroxylation is 1. The summed E-state index contributed by atoms with van der Waals surface area (Å²) in [6.07, 6.45) is 0.831. The third-order valence-corrected chi connectivity index (χ3v) is 3.43. The molecular formula is C16H20F2N4O. The maximum Gasteiger partial charge on any atom is 0.318 e. The first-order chi connectivity index (χ1) is 11.0. The second-order valence-corrected chi connectivity index (χ2v) is 5.38. The molecule has 124 valence electrons. The molecule has 0 spiro atoms. The van der Waals surface area contributed by atoms with Gasteiger partial charge in [0.25, 0.3) is 6.43 Å². The average Bonchev–Trinajstić information content (AvgIpc) is 2.94. The molecule has 1 aromatic carbocycles. The molecule has 2 amide bonds. The highest BCUT2D eigenvalue weighted by Gasteiger charge is 2.21. The van der Waals surface area contributed by atoms with Gasteiger partial charge in [0.15, 0.2) is 0 Å². The monoisotopic (exact) mass is 322 g/mol. The van der Waals surface area contributed by atoms with Crippen molar-refractivity contribution in [3.05, 3.63) is 53.9 Å². The maximum absolute atomic E-state index is 12.8. The predicted molar refractivity (Wildman–Crippen MR) is 83.0 cm³/mol. The van der Waals surface area contributed by atoms with E-state index >= 15 is 0 Å². The lowest BCUT2D eigenvalue weighted by atomic mass is 10.2. The summed E-state index contributed by atoms with van der Waals surface area (Å²) < 4.78 is 27.2. The van der Waals surface area contributed by atoms with Gasteiger partial charge in [-0.25, -0.2) is 13.6 Å². The highest BCUT2D eigenvalue weighted by atomic mass is 19.3. The molecule has 0 radical (unpaired) electrons. The van der Waals surface area contributed by atoms with Crippen molar-refractivity contribution < 1.29 is 13.6 Å². The highest BCUT2D eigenvalue weighted by molar-refractivity contribution is 5.74. The van der Waals surface area contributed by atoms with Crippen molar-refractivity contribution in [3.63, 3.8) is 0 Å². The summed E-state index contributed by atoms with van der Waals surface area (Å²) >= 11 is 0. The van der Waals surface area contributed by atoms with Gasteiger partial charge in [-0.2, -0.15) is 5.10 Å². The van der Waals surface area contributed by atoms with E-state index in [-0.39, 0.29) is 12.6 Å². The first-order valence-electron chi connectivity index (χ1n) is 7.31. The summed E-state index contributed by atoms with van der Waals surface area (Å²) in [4.78, 5) is 13.4. The lowest BCUT2D eigenvalue weighted by Gasteiger charge is -2.25. The van der Waals surface area contributed by atoms with Crippen LogP contribution in [-0.4, -0.2) is 33.7 Å². The minimum absolute atomic E-state index is 0.136. The van der Waals surface area contributed by atoms with Crippen LogP contribution in [-0.2, 0) is 13.6 Å². The normalized spacial score (nSPS) is 12.2. The van der Waals surface area contributed by atoms with Crippen LogP contribution in [0.15, 0.2) is 42.7 Å². The molecular weight excluding hydrogens is 302 g/mol. The van der Waals surface area contributed by atoms with E-state index in [2.05, 4.69) is 10.4 Å². The van der Waals surface area contributed by atoms with Gasteiger partial charge in [-0.15, -0.1) is 0 Å². The number of alkyl halides is 2. The van der Waals surface area contributed by atoms with Crippen LogP contribution in [0.5, 0.6) is 0 Å². The van der Waals surface area contributed by atoms with E-state index in [1.807, 2.05) is 18.2 Å². The van der Waals surface area contributed by atoms with Crippen LogP contribution >= 0.6 is 0 Å². The molecule has 2 aromatic rings. The Kier molecular flexibility index (Phi) is 5.67. The van der Waals surface area contributed by atoms with E-state index < -0.39 is 19.0 Å². The van der Waals surface area contributed by atoms with E-state index in [0.717, 1.165) is 16.0 Å². The SMILES string of the molecule is CC(NC(=O)N(Cc1ccccc1)CC(F)F)c1cnn(C)c1. The Morgan fingerprint density at radius 3 is 2.61 bits per heavy atom. The van der Waals surface area contributed by atoms with Crippen LogP contribution in [0.2, 0.25) is 0 Å². The average molecular weight is 322 g/mol. The number of urea groups is 1. The molecule has 5 nitrogen and oxygen atoms in total. The summed E-state index contributed by atoms with van der Waals surface area (Å²) in [5.41, 5.74) is 1.62. The Balaban J connectivity index is 2.04. The van der Waals surface area contributed by atoms with Gasteiger partial charge in [0.1, 0.15) is 0 Å². The lowest BCUT2D eigenvalue weighted by molar-refractivity contribution is 0.0949. The Morgan fingerprint density at radius 2 is 2.04 bits per heavy atom. The zero-order valence-electron chi connectivity index (χ0n) is 13.1. The summed E-state index contributed by atoms with van der Waals surface area (Å²) in [5, 5.41) is 6.77. The molecule has 1 atom stereocenters. The van der Waals surface area contributed by atoms with Crippen molar-refractivity contribution in [1.82, 2.24) is 20.0 Å². The van der Waals surface area contributed by atoms with Gasteiger partial charge >= 0.3 is 6.03 Å². The molecule has 0 fully saturated rings. The van der Waals surface area contributed by atoms with Gasteiger partial charge < -0.3 is 10.2 Å². The van der Waals surface area contributed by atoms with Crippen molar-refractivity contribution in [1.29, 1.82) is 0 Å². The number of carbonyl (C=O) groups excluding carboxylic acids is 1. The highest BCUT2D eigenvalue weighted by Crippen LogP contribution is 2.13. The van der Waals surface area contributed by atoms with E-state index in [4.69, 9.17) is 0 Å². The third-order valence-electron chi connectivity index (χ3n) is 3.43. The van der Waals surface area contributed by atoms with Crippen LogP contribution in [0.25, 0.3) is 0 Å². The Hall–Kier alpha value is -2.44. The van der Waals surface area contributed by atoms with Crippen LogP contribution in [0.4, 0.5) is 13.6 Å². The molecule has 1 N–H and O–H groups in total. The van der Waals surface area contributed by atoms with E-state index in [1.165, 1.54) is 0 Å². The van der Waals surface area contributed by atoms with Crippen molar-refractivity contribution in [3.8, 4) is 0 Å². The van der Waals surface area contributed by atoms with Gasteiger partial charge in [0.2, 0.25) is 0 Å². The fourth-order valence-electron chi connectivity index (χ4n) is 2.21. The second-order valence-electron chi connectivity index (χ2n) is 5.38. The number of hydrogen-bond donors (Lipinski definition) is 1. The number of halogens is 2. The zero-order chi connectivity index (χ0) is 16.8. The number of hydrogen-bond acceptors (Lipinski definition) is 2. The molecule has 0 bridgehead atoms. The zero-order valence-corrected chi connectivity index (χ0v) is 13.1. The number of rotatable bonds is 6. The summed E-state index contributed by atoms with van der Waals surface area (Å²) in [6, 6.07) is 8.23. The third kappa shape index (κ3) is 5.05. The number of nitrogens with zero attached hydrogens (tertiary/aromatic N) is 3. The predicted octanol–water partition coefficient (Wildman–Crippen LogP) is 2.96. The summed E-state index contributed by atoms with van der Waals surface area (Å²) in [7, 11) is 1.77. The first-order valence-corrected chi connectivity index (χ1v) is 7.31. The van der Waals surface area contributed by atoms with Gasteiger partial charge in [-0.3, -0.25) is 4.68 Å². The summed E-state index contributed by atoms with van der Waals surface area (Å²) in [5.74, 6) is 0. The molecule has 1 unspecified atom stereocenters. The molecule has 0 aliphatic carbocycles. The van der Waals surface area contributed by atoms with Crippen molar-refractivity contribution >= 4 is 6.03 Å². The van der Waals surface area contributed by atoms with Crippen LogP contribution in [0.3, 0.4) is 0 Å². The lowest BCUT2D eigenvalue weighted by Crippen LogP contribution is -2.42. The first kappa shape index (κ1) is 16.9. The number of carbonyl (C=O) groups is 1. The van der Waals surface area contributed by atoms with Gasteiger partial charge in [-0.05, 0) is 12.5 Å². The fourth-order valence-corrected chi connectivity index (χ4v) is 2.21. The molecule has 0 saturated carbocycles. The Morgan fingerprint density at radius 1 is 1.35 bits per heavy atom. The van der Waals surface area contributed by atoms with E-state index in [1.54, 1.807) is 43.2 Å². The number of nitrogens with one attached hydrogen (secondary N) is 1. The molecule has 1 aromatic heterocycles. The molecule has 23 heavy (non-hydrogen) atoms.